The first-order chi connectivity index (χ1) is 16.8. The number of aliphatic hydroxyl groups excluding tert-OH is 1. The van der Waals surface area contributed by atoms with Gasteiger partial charge in [-0.15, -0.1) is 0 Å². The number of nitrogens with one attached hydrogen (secondary N) is 4. The molecule has 1 saturated heterocycles. The molecule has 1 aliphatic rings. The van der Waals surface area contributed by atoms with Gasteiger partial charge in [-0.25, -0.2) is 9.97 Å². The molecule has 4 rings (SSSR count). The zero-order valence-corrected chi connectivity index (χ0v) is 20.4. The van der Waals surface area contributed by atoms with E-state index in [2.05, 4.69) is 30.5 Å². The Kier molecular flexibility index (Phi) is 7.44. The van der Waals surface area contributed by atoms with Gasteiger partial charge in [-0.2, -0.15) is 0 Å². The lowest BCUT2D eigenvalue weighted by molar-refractivity contribution is 0.0398. The summed E-state index contributed by atoms with van der Waals surface area (Å²) in [7, 11) is 0. The zero-order chi connectivity index (χ0) is 25.0. The van der Waals surface area contributed by atoms with E-state index >= 15 is 0 Å². The van der Waals surface area contributed by atoms with Crippen molar-refractivity contribution in [2.75, 3.05) is 51.3 Å². The highest BCUT2D eigenvalue weighted by Gasteiger charge is 2.23. The third-order valence-corrected chi connectivity index (χ3v) is 6.02. The Labute approximate surface area is 204 Å². The number of hydrogen-bond donors (Lipinski definition) is 5. The predicted octanol–water partition coefficient (Wildman–Crippen LogP) is 1.93. The summed E-state index contributed by atoms with van der Waals surface area (Å²) in [5.41, 5.74) is 3.64. The smallest absolute Gasteiger partial charge is 0.255 e. The summed E-state index contributed by atoms with van der Waals surface area (Å²) in [4.78, 5) is 27.1. The number of benzene rings is 1. The summed E-state index contributed by atoms with van der Waals surface area (Å²) < 4.78 is 5.42. The molecule has 0 aliphatic carbocycles. The zero-order valence-electron chi connectivity index (χ0n) is 20.4. The Morgan fingerprint density at radius 3 is 2.80 bits per heavy atom. The molecule has 1 fully saturated rings. The van der Waals surface area contributed by atoms with E-state index < -0.39 is 5.54 Å². The summed E-state index contributed by atoms with van der Waals surface area (Å²) in [5, 5.41) is 24.6. The summed E-state index contributed by atoms with van der Waals surface area (Å²) in [6.45, 7) is 10.3. The number of amides is 1. The fraction of sp³-hybridized carbons (Fsp3) is 0.440. The van der Waals surface area contributed by atoms with Crippen LogP contribution < -0.4 is 10.6 Å². The Balaban J connectivity index is 1.56. The van der Waals surface area contributed by atoms with E-state index in [0.717, 1.165) is 50.6 Å². The molecule has 10 heteroatoms. The number of carbonyl (C=O) groups is 1. The van der Waals surface area contributed by atoms with Gasteiger partial charge >= 0.3 is 0 Å². The highest BCUT2D eigenvalue weighted by Crippen LogP contribution is 2.22. The van der Waals surface area contributed by atoms with E-state index in [1.54, 1.807) is 20.0 Å². The van der Waals surface area contributed by atoms with Crippen LogP contribution in [0.5, 0.6) is 0 Å². The molecule has 1 amide bonds. The van der Waals surface area contributed by atoms with Crippen LogP contribution in [0.25, 0.3) is 11.2 Å². The molecule has 5 N–H and O–H groups in total. The van der Waals surface area contributed by atoms with Crippen LogP contribution >= 0.6 is 0 Å². The maximum absolute atomic E-state index is 12.8. The summed E-state index contributed by atoms with van der Waals surface area (Å²) in [6, 6.07) is 5.91. The summed E-state index contributed by atoms with van der Waals surface area (Å²) >= 11 is 0. The van der Waals surface area contributed by atoms with Crippen LogP contribution in [0, 0.1) is 12.3 Å². The van der Waals surface area contributed by atoms with Gasteiger partial charge in [-0.05, 0) is 32.4 Å². The quantitative estimate of drug-likeness (QED) is 0.296. The van der Waals surface area contributed by atoms with Crippen molar-refractivity contribution in [2.24, 2.45) is 0 Å². The predicted molar refractivity (Wildman–Crippen MR) is 135 cm³/mol. The Morgan fingerprint density at radius 1 is 1.29 bits per heavy atom. The Hall–Kier alpha value is -3.34. The minimum atomic E-state index is -0.776. The average Bonchev–Trinajstić information content (AvgIpc) is 3.28. The first-order valence-corrected chi connectivity index (χ1v) is 11.8. The van der Waals surface area contributed by atoms with E-state index in [-0.39, 0.29) is 18.2 Å². The summed E-state index contributed by atoms with van der Waals surface area (Å²) in [6.07, 6.45) is 3.09. The molecule has 3 aromatic rings. The van der Waals surface area contributed by atoms with Crippen molar-refractivity contribution >= 4 is 28.5 Å². The maximum Gasteiger partial charge on any atom is 0.255 e. The number of rotatable bonds is 9. The van der Waals surface area contributed by atoms with Gasteiger partial charge in [0.25, 0.3) is 5.91 Å². The SMILES string of the molecule is Cc1ccc(C(=N)c2cnc3[nH]cc(C(=O)NC(C)(C)CO)c3n2)c(NCCN2CCOCC2)c1. The maximum atomic E-state index is 12.8. The highest BCUT2D eigenvalue weighted by atomic mass is 16.5. The number of aryl methyl sites for hydroxylation is 1. The number of morpholine rings is 1. The van der Waals surface area contributed by atoms with Crippen LogP contribution in [0.4, 0.5) is 5.69 Å². The van der Waals surface area contributed by atoms with Crippen molar-refractivity contribution in [1.29, 1.82) is 5.41 Å². The van der Waals surface area contributed by atoms with Gasteiger partial charge in [0, 0.05) is 43.6 Å². The van der Waals surface area contributed by atoms with Crippen molar-refractivity contribution < 1.29 is 14.6 Å². The largest absolute Gasteiger partial charge is 0.394 e. The minimum absolute atomic E-state index is 0.197. The van der Waals surface area contributed by atoms with E-state index in [9.17, 15) is 9.90 Å². The number of ether oxygens (including phenoxy) is 1. The van der Waals surface area contributed by atoms with E-state index in [1.807, 2.05) is 25.1 Å². The monoisotopic (exact) mass is 479 g/mol. The third kappa shape index (κ3) is 5.84. The van der Waals surface area contributed by atoms with Gasteiger partial charge in [0.2, 0.25) is 0 Å². The normalized spacial score (nSPS) is 14.7. The molecule has 0 spiro atoms. The molecule has 186 valence electrons. The highest BCUT2D eigenvalue weighted by molar-refractivity contribution is 6.14. The average molecular weight is 480 g/mol. The minimum Gasteiger partial charge on any atom is -0.394 e. The van der Waals surface area contributed by atoms with Crippen molar-refractivity contribution in [2.45, 2.75) is 26.3 Å². The van der Waals surface area contributed by atoms with Crippen molar-refractivity contribution in [3.63, 3.8) is 0 Å². The molecule has 0 saturated carbocycles. The number of aromatic nitrogens is 3. The van der Waals surface area contributed by atoms with Crippen LogP contribution in [-0.4, -0.2) is 88.1 Å². The lowest BCUT2D eigenvalue weighted by atomic mass is 10.0. The lowest BCUT2D eigenvalue weighted by Crippen LogP contribution is -2.46. The number of aliphatic hydroxyl groups is 1. The molecule has 10 nitrogen and oxygen atoms in total. The topological polar surface area (TPSA) is 139 Å². The van der Waals surface area contributed by atoms with E-state index in [0.29, 0.717) is 28.0 Å². The number of nitrogens with zero attached hydrogens (tertiary/aromatic N) is 3. The first-order valence-electron chi connectivity index (χ1n) is 11.8. The molecule has 2 aromatic heterocycles. The number of anilines is 1. The number of fused-ring (bicyclic) bond motifs is 1. The molecule has 1 aromatic carbocycles. The fourth-order valence-corrected chi connectivity index (χ4v) is 3.93. The van der Waals surface area contributed by atoms with E-state index in [1.165, 1.54) is 6.20 Å². The number of hydrogen-bond acceptors (Lipinski definition) is 8. The van der Waals surface area contributed by atoms with E-state index in [4.69, 9.17) is 10.1 Å². The second kappa shape index (κ2) is 10.5. The van der Waals surface area contributed by atoms with Gasteiger partial charge in [0.1, 0.15) is 11.2 Å². The Bertz CT molecular complexity index is 1210. The van der Waals surface area contributed by atoms with Crippen LogP contribution in [0.3, 0.4) is 0 Å². The molecule has 0 atom stereocenters. The number of carbonyl (C=O) groups excluding carboxylic acids is 1. The fourth-order valence-electron chi connectivity index (χ4n) is 3.93. The van der Waals surface area contributed by atoms with Gasteiger partial charge in [0.05, 0.1) is 42.8 Å². The van der Waals surface area contributed by atoms with Crippen molar-refractivity contribution in [1.82, 2.24) is 25.2 Å². The molecule has 3 heterocycles. The van der Waals surface area contributed by atoms with Crippen LogP contribution in [0.15, 0.2) is 30.6 Å². The number of H-pyrrole nitrogens is 1. The molecule has 0 unspecified atom stereocenters. The molecule has 1 aliphatic heterocycles. The van der Waals surface area contributed by atoms with Gasteiger partial charge in [0.15, 0.2) is 5.65 Å². The Morgan fingerprint density at radius 2 is 2.06 bits per heavy atom. The van der Waals surface area contributed by atoms with Crippen LogP contribution in [0.1, 0.15) is 41.0 Å². The first kappa shape index (κ1) is 24.8. The van der Waals surface area contributed by atoms with Gasteiger partial charge < -0.3 is 25.5 Å². The molecular formula is C25H33N7O3. The van der Waals surface area contributed by atoms with Crippen molar-refractivity contribution in [3.05, 3.63) is 53.0 Å². The van der Waals surface area contributed by atoms with Crippen molar-refractivity contribution in [3.8, 4) is 0 Å². The van der Waals surface area contributed by atoms with Crippen LogP contribution in [-0.2, 0) is 4.74 Å². The standard InChI is InChI=1S/C25H33N7O3/c1-16-4-5-17(19(12-16)27-6-7-32-8-10-35-11-9-32)21(26)20-14-29-23-22(30-20)18(13-28-23)24(34)31-25(2,3)15-33/h4-5,12-14,26-27,33H,6-11,15H2,1-3H3,(H,28,29)(H,31,34). The second-order valence-electron chi connectivity index (χ2n) is 9.46. The second-order valence-corrected chi connectivity index (χ2v) is 9.46. The molecule has 35 heavy (non-hydrogen) atoms. The molecular weight excluding hydrogens is 446 g/mol. The van der Waals surface area contributed by atoms with Gasteiger partial charge in [-0.1, -0.05) is 12.1 Å². The molecule has 0 radical (unpaired) electrons. The summed E-state index contributed by atoms with van der Waals surface area (Å²) in [5.74, 6) is -0.367. The third-order valence-electron chi connectivity index (χ3n) is 6.02. The van der Waals surface area contributed by atoms with Gasteiger partial charge in [-0.3, -0.25) is 15.1 Å². The lowest BCUT2D eigenvalue weighted by Gasteiger charge is -2.27. The molecule has 0 bridgehead atoms. The number of aromatic amines is 1. The van der Waals surface area contributed by atoms with Crippen LogP contribution in [0.2, 0.25) is 0 Å².